The molecule has 1 aromatic rings. The SMILES string of the molecule is COn1ccnc1C(=O)O. The zero-order valence-electron chi connectivity index (χ0n) is 5.31. The van der Waals surface area contributed by atoms with Gasteiger partial charge < -0.3 is 9.94 Å². The van der Waals surface area contributed by atoms with E-state index < -0.39 is 5.97 Å². The molecule has 0 bridgehead atoms. The van der Waals surface area contributed by atoms with Crippen LogP contribution in [0.5, 0.6) is 0 Å². The monoisotopic (exact) mass is 142 g/mol. The summed E-state index contributed by atoms with van der Waals surface area (Å²) >= 11 is 0. The third-order valence-electron chi connectivity index (χ3n) is 0.996. The van der Waals surface area contributed by atoms with Gasteiger partial charge >= 0.3 is 5.97 Å². The first kappa shape index (κ1) is 6.60. The van der Waals surface area contributed by atoms with Crippen LogP contribution in [0.15, 0.2) is 12.4 Å². The molecule has 0 amide bonds. The fourth-order valence-electron chi connectivity index (χ4n) is 0.589. The zero-order valence-corrected chi connectivity index (χ0v) is 5.31. The largest absolute Gasteiger partial charge is 0.475 e. The molecule has 0 aliphatic rings. The van der Waals surface area contributed by atoms with Gasteiger partial charge in [0.2, 0.25) is 0 Å². The van der Waals surface area contributed by atoms with E-state index in [1.807, 2.05) is 0 Å². The third-order valence-corrected chi connectivity index (χ3v) is 0.996. The second kappa shape index (κ2) is 2.38. The molecule has 0 unspecified atom stereocenters. The van der Waals surface area contributed by atoms with E-state index in [0.29, 0.717) is 0 Å². The van der Waals surface area contributed by atoms with Gasteiger partial charge in [0.1, 0.15) is 7.11 Å². The van der Waals surface area contributed by atoms with E-state index in [4.69, 9.17) is 5.11 Å². The van der Waals surface area contributed by atoms with Gasteiger partial charge in [0.05, 0.1) is 6.20 Å². The summed E-state index contributed by atoms with van der Waals surface area (Å²) in [5.74, 6) is -1.23. The highest BCUT2D eigenvalue weighted by Crippen LogP contribution is 1.92. The highest BCUT2D eigenvalue weighted by Gasteiger charge is 2.09. The van der Waals surface area contributed by atoms with Crippen LogP contribution in [0.25, 0.3) is 0 Å². The Bertz CT molecular complexity index is 243. The molecular weight excluding hydrogens is 136 g/mol. The molecule has 54 valence electrons. The number of carbonyl (C=O) groups is 1. The molecule has 0 aliphatic heterocycles. The van der Waals surface area contributed by atoms with Gasteiger partial charge in [-0.05, 0) is 0 Å². The number of hydrogen-bond acceptors (Lipinski definition) is 3. The van der Waals surface area contributed by atoms with Crippen LogP contribution in [0.2, 0.25) is 0 Å². The molecule has 0 fully saturated rings. The number of hydrogen-bond donors (Lipinski definition) is 1. The summed E-state index contributed by atoms with van der Waals surface area (Å²) < 4.78 is 1.07. The summed E-state index contributed by atoms with van der Waals surface area (Å²) in [6.45, 7) is 0. The summed E-state index contributed by atoms with van der Waals surface area (Å²) in [6, 6.07) is 0. The number of aromatic carboxylic acids is 1. The van der Waals surface area contributed by atoms with Gasteiger partial charge in [0.25, 0.3) is 5.82 Å². The molecule has 0 saturated carbocycles. The number of carboxylic acid groups (broad SMARTS) is 1. The van der Waals surface area contributed by atoms with E-state index in [2.05, 4.69) is 9.82 Å². The molecule has 1 N–H and O–H groups in total. The molecule has 0 aromatic carbocycles. The van der Waals surface area contributed by atoms with Crippen LogP contribution in [0, 0.1) is 0 Å². The lowest BCUT2D eigenvalue weighted by Gasteiger charge is -1.99. The molecule has 5 heteroatoms. The van der Waals surface area contributed by atoms with Gasteiger partial charge in [0.15, 0.2) is 0 Å². The zero-order chi connectivity index (χ0) is 7.56. The first-order chi connectivity index (χ1) is 4.75. The normalized spacial score (nSPS) is 9.30. The topological polar surface area (TPSA) is 64.4 Å². The maximum Gasteiger partial charge on any atom is 0.375 e. The van der Waals surface area contributed by atoms with Gasteiger partial charge in [-0.25, -0.2) is 9.78 Å². The maximum atomic E-state index is 10.3. The molecule has 0 radical (unpaired) electrons. The first-order valence-corrected chi connectivity index (χ1v) is 2.57. The summed E-state index contributed by atoms with van der Waals surface area (Å²) in [6.07, 6.45) is 2.77. The Kier molecular flexibility index (Phi) is 1.57. The van der Waals surface area contributed by atoms with Crippen molar-refractivity contribution in [2.24, 2.45) is 0 Å². The predicted octanol–water partition coefficient (Wildman–Crippen LogP) is -0.360. The van der Waals surface area contributed by atoms with Crippen molar-refractivity contribution in [3.63, 3.8) is 0 Å². The summed E-state index contributed by atoms with van der Waals surface area (Å²) in [5.41, 5.74) is 0. The average Bonchev–Trinajstić information content (AvgIpc) is 2.33. The second-order valence-corrected chi connectivity index (χ2v) is 1.56. The van der Waals surface area contributed by atoms with Gasteiger partial charge in [-0.15, -0.1) is 0 Å². The quantitative estimate of drug-likeness (QED) is 0.612. The molecule has 0 atom stereocenters. The number of imidazole rings is 1. The first-order valence-electron chi connectivity index (χ1n) is 2.57. The fraction of sp³-hybridized carbons (Fsp3) is 0.200. The Morgan fingerprint density at radius 3 is 3.00 bits per heavy atom. The number of aromatic nitrogens is 2. The molecule has 0 saturated heterocycles. The highest BCUT2D eigenvalue weighted by molar-refractivity contribution is 5.83. The highest BCUT2D eigenvalue weighted by atomic mass is 16.6. The van der Waals surface area contributed by atoms with Gasteiger partial charge in [0, 0.05) is 6.20 Å². The summed E-state index contributed by atoms with van der Waals surface area (Å²) in [4.78, 5) is 18.4. The lowest BCUT2D eigenvalue weighted by atomic mass is 10.6. The minimum absolute atomic E-state index is 0.123. The van der Waals surface area contributed by atoms with Gasteiger partial charge in [-0.3, -0.25) is 0 Å². The molecule has 1 aromatic heterocycles. The Morgan fingerprint density at radius 2 is 2.60 bits per heavy atom. The van der Waals surface area contributed by atoms with Crippen molar-refractivity contribution in [2.75, 3.05) is 7.11 Å². The number of nitrogens with zero attached hydrogens (tertiary/aromatic N) is 2. The van der Waals surface area contributed by atoms with Crippen LogP contribution in [-0.2, 0) is 0 Å². The van der Waals surface area contributed by atoms with Crippen molar-refractivity contribution < 1.29 is 14.7 Å². The Morgan fingerprint density at radius 1 is 1.90 bits per heavy atom. The van der Waals surface area contributed by atoms with Crippen LogP contribution in [0.1, 0.15) is 10.6 Å². The van der Waals surface area contributed by atoms with E-state index >= 15 is 0 Å². The van der Waals surface area contributed by atoms with Crippen LogP contribution in [-0.4, -0.2) is 27.9 Å². The maximum absolute atomic E-state index is 10.3. The minimum Gasteiger partial charge on any atom is -0.475 e. The van der Waals surface area contributed by atoms with Crippen LogP contribution in [0.4, 0.5) is 0 Å². The Hall–Kier alpha value is -1.52. The molecular formula is C5H6N2O3. The van der Waals surface area contributed by atoms with Gasteiger partial charge in [-0.1, -0.05) is 0 Å². The fourth-order valence-corrected chi connectivity index (χ4v) is 0.589. The average molecular weight is 142 g/mol. The molecule has 1 heterocycles. The smallest absolute Gasteiger partial charge is 0.375 e. The summed E-state index contributed by atoms with van der Waals surface area (Å²) in [5, 5.41) is 8.42. The second-order valence-electron chi connectivity index (χ2n) is 1.56. The van der Waals surface area contributed by atoms with Gasteiger partial charge in [-0.2, -0.15) is 4.73 Å². The lowest BCUT2D eigenvalue weighted by Crippen LogP contribution is -2.13. The van der Waals surface area contributed by atoms with E-state index in [9.17, 15) is 4.79 Å². The standard InChI is InChI=1S/C5H6N2O3/c1-10-7-3-2-6-4(7)5(8)9/h2-3H,1H3,(H,8,9). The number of carboxylic acids is 1. The van der Waals surface area contributed by atoms with Crippen molar-refractivity contribution >= 4 is 5.97 Å². The molecule has 10 heavy (non-hydrogen) atoms. The minimum atomic E-state index is -1.10. The van der Waals surface area contributed by atoms with E-state index in [0.717, 1.165) is 4.73 Å². The predicted molar refractivity (Wildman–Crippen MR) is 31.7 cm³/mol. The van der Waals surface area contributed by atoms with E-state index in [1.165, 1.54) is 19.5 Å². The van der Waals surface area contributed by atoms with Crippen LogP contribution < -0.4 is 4.84 Å². The van der Waals surface area contributed by atoms with Crippen molar-refractivity contribution in [2.45, 2.75) is 0 Å². The van der Waals surface area contributed by atoms with E-state index in [-0.39, 0.29) is 5.82 Å². The molecule has 0 aliphatic carbocycles. The molecule has 1 rings (SSSR count). The third kappa shape index (κ3) is 0.928. The lowest BCUT2D eigenvalue weighted by molar-refractivity contribution is 0.0629. The van der Waals surface area contributed by atoms with E-state index in [1.54, 1.807) is 0 Å². The van der Waals surface area contributed by atoms with Crippen LogP contribution >= 0.6 is 0 Å². The molecule has 5 nitrogen and oxygen atoms in total. The van der Waals surface area contributed by atoms with Crippen molar-refractivity contribution in [3.05, 3.63) is 18.2 Å². The summed E-state index contributed by atoms with van der Waals surface area (Å²) in [7, 11) is 1.37. The van der Waals surface area contributed by atoms with Crippen molar-refractivity contribution in [3.8, 4) is 0 Å². The number of rotatable bonds is 2. The Balaban J connectivity index is 3.01. The molecule has 0 spiro atoms. The van der Waals surface area contributed by atoms with Crippen LogP contribution in [0.3, 0.4) is 0 Å². The van der Waals surface area contributed by atoms with Crippen molar-refractivity contribution in [1.82, 2.24) is 9.71 Å². The Labute approximate surface area is 56.8 Å². The van der Waals surface area contributed by atoms with Crippen molar-refractivity contribution in [1.29, 1.82) is 0 Å².